The van der Waals surface area contributed by atoms with Gasteiger partial charge in [-0.15, -0.1) is 37.5 Å². The van der Waals surface area contributed by atoms with Gasteiger partial charge < -0.3 is 25.7 Å². The maximum Gasteiger partial charge on any atom is 0.327 e. The van der Waals surface area contributed by atoms with E-state index < -0.39 is 51.9 Å². The van der Waals surface area contributed by atoms with Crippen LogP contribution < -0.4 is 10.6 Å². The number of hydrogen-bond donors (Lipinski definition) is 4. The SMILES string of the molecule is C#C.C#C.CC1(C)SC2[C@H](NC(=O)[C@H](NC(=O)CN(Cc3ccccn3)Cc3ccccn3)c3ccc(O)cc3)C(=O)N2[C@H]1C(=O)O. The van der Waals surface area contributed by atoms with Crippen LogP contribution in [0.4, 0.5) is 0 Å². The van der Waals surface area contributed by atoms with Gasteiger partial charge in [0.15, 0.2) is 0 Å². The average molecular weight is 657 g/mol. The Kier molecular flexibility index (Phi) is 12.5. The first-order valence-electron chi connectivity index (χ1n) is 14.3. The number of thioether (sulfide) groups is 1. The summed E-state index contributed by atoms with van der Waals surface area (Å²) >= 11 is 1.31. The van der Waals surface area contributed by atoms with Gasteiger partial charge >= 0.3 is 5.97 Å². The van der Waals surface area contributed by atoms with Crippen LogP contribution in [0.2, 0.25) is 0 Å². The van der Waals surface area contributed by atoms with Crippen molar-refractivity contribution < 1.29 is 29.4 Å². The molecule has 1 unspecified atom stereocenters. The van der Waals surface area contributed by atoms with E-state index in [4.69, 9.17) is 0 Å². The molecular weight excluding hydrogens is 620 g/mol. The Hall–Kier alpha value is -5.37. The minimum Gasteiger partial charge on any atom is -0.508 e. The minimum atomic E-state index is -1.18. The molecule has 13 heteroatoms. The highest BCUT2D eigenvalue weighted by Gasteiger charge is 2.64. The van der Waals surface area contributed by atoms with Crippen molar-refractivity contribution in [3.63, 3.8) is 0 Å². The molecule has 0 radical (unpaired) electrons. The van der Waals surface area contributed by atoms with Gasteiger partial charge in [-0.1, -0.05) is 24.3 Å². The summed E-state index contributed by atoms with van der Waals surface area (Å²) < 4.78 is -0.749. The number of aliphatic carboxylic acids is 1. The second-order valence-corrected chi connectivity index (χ2v) is 12.7. The number of carbonyl (C=O) groups is 4. The molecule has 244 valence electrons. The first kappa shape index (κ1) is 36.1. The smallest absolute Gasteiger partial charge is 0.327 e. The number of aromatic hydroxyl groups is 1. The summed E-state index contributed by atoms with van der Waals surface area (Å²) in [5.41, 5.74) is 1.91. The van der Waals surface area contributed by atoms with Gasteiger partial charge in [0.1, 0.15) is 29.2 Å². The third kappa shape index (κ3) is 8.67. The zero-order chi connectivity index (χ0) is 34.7. The lowest BCUT2D eigenvalue weighted by Gasteiger charge is -2.44. The second kappa shape index (κ2) is 16.3. The van der Waals surface area contributed by atoms with Crippen molar-refractivity contribution in [2.24, 2.45) is 0 Å². The topological polar surface area (TPSA) is 165 Å². The third-order valence-corrected chi connectivity index (χ3v) is 8.93. The highest BCUT2D eigenvalue weighted by Crippen LogP contribution is 2.50. The summed E-state index contributed by atoms with van der Waals surface area (Å²) in [5.74, 6) is -2.69. The zero-order valence-electron chi connectivity index (χ0n) is 25.9. The molecule has 2 fully saturated rings. The van der Waals surface area contributed by atoms with Crippen LogP contribution in [0.3, 0.4) is 0 Å². The van der Waals surface area contributed by atoms with Crippen LogP contribution in [0.15, 0.2) is 73.1 Å². The van der Waals surface area contributed by atoms with E-state index in [1.165, 1.54) is 40.9 Å². The number of aromatic nitrogens is 2. The number of carbonyl (C=O) groups excluding carboxylic acids is 3. The molecule has 4 N–H and O–H groups in total. The van der Waals surface area contributed by atoms with Crippen LogP contribution >= 0.6 is 11.8 Å². The normalized spacial score (nSPS) is 19.3. The number of amides is 3. The van der Waals surface area contributed by atoms with E-state index in [0.717, 1.165) is 11.4 Å². The number of hydrogen-bond acceptors (Lipinski definition) is 9. The largest absolute Gasteiger partial charge is 0.508 e. The molecule has 2 saturated heterocycles. The predicted molar refractivity (Wildman–Crippen MR) is 177 cm³/mol. The fraction of sp³-hybridized carbons (Fsp3) is 0.294. The van der Waals surface area contributed by atoms with E-state index in [2.05, 4.69) is 46.3 Å². The Bertz CT molecular complexity index is 1530. The summed E-state index contributed by atoms with van der Waals surface area (Å²) in [6.45, 7) is 4.13. The highest BCUT2D eigenvalue weighted by molar-refractivity contribution is 8.01. The molecule has 5 rings (SSSR count). The van der Waals surface area contributed by atoms with Crippen molar-refractivity contribution in [1.82, 2.24) is 30.4 Å². The Labute approximate surface area is 278 Å². The molecule has 2 aliphatic rings. The van der Waals surface area contributed by atoms with Gasteiger partial charge in [0.25, 0.3) is 0 Å². The number of pyridine rings is 2. The van der Waals surface area contributed by atoms with Crippen LogP contribution in [0.25, 0.3) is 0 Å². The van der Waals surface area contributed by atoms with Gasteiger partial charge in [0.2, 0.25) is 17.7 Å². The number of carboxylic acid groups (broad SMARTS) is 1. The molecule has 0 aliphatic carbocycles. The molecule has 12 nitrogen and oxygen atoms in total. The first-order chi connectivity index (χ1) is 22.5. The van der Waals surface area contributed by atoms with E-state index in [0.29, 0.717) is 18.7 Å². The zero-order valence-corrected chi connectivity index (χ0v) is 26.7. The van der Waals surface area contributed by atoms with Crippen LogP contribution in [0.1, 0.15) is 36.8 Å². The molecule has 2 aromatic heterocycles. The minimum absolute atomic E-state index is 0.0137. The van der Waals surface area contributed by atoms with E-state index >= 15 is 0 Å². The average Bonchev–Trinajstić information content (AvgIpc) is 3.33. The Morgan fingerprint density at radius 3 is 2.00 bits per heavy atom. The molecule has 0 bridgehead atoms. The fourth-order valence-electron chi connectivity index (χ4n) is 5.37. The Balaban J connectivity index is 0.00000144. The van der Waals surface area contributed by atoms with Gasteiger partial charge in [0.05, 0.1) is 17.9 Å². The van der Waals surface area contributed by atoms with Crippen LogP contribution in [-0.4, -0.2) is 82.4 Å². The number of benzene rings is 1. The van der Waals surface area contributed by atoms with Crippen molar-refractivity contribution in [3.8, 4) is 31.4 Å². The van der Waals surface area contributed by atoms with E-state index in [1.54, 1.807) is 38.4 Å². The number of phenols is 1. The Morgan fingerprint density at radius 2 is 1.51 bits per heavy atom. The number of phenolic OH excluding ortho intramolecular Hbond substituents is 1. The molecule has 4 heterocycles. The number of nitrogens with zero attached hydrogens (tertiary/aromatic N) is 4. The van der Waals surface area contributed by atoms with E-state index in [-0.39, 0.29) is 12.3 Å². The quantitative estimate of drug-likeness (QED) is 0.178. The summed E-state index contributed by atoms with van der Waals surface area (Å²) in [5, 5.41) is 24.5. The fourth-order valence-corrected chi connectivity index (χ4v) is 6.99. The molecule has 4 atom stereocenters. The van der Waals surface area contributed by atoms with Crippen molar-refractivity contribution in [3.05, 3.63) is 90.0 Å². The number of nitrogens with one attached hydrogen (secondary N) is 2. The van der Waals surface area contributed by atoms with Gasteiger partial charge in [-0.2, -0.15) is 0 Å². The van der Waals surface area contributed by atoms with Crippen molar-refractivity contribution in [2.45, 2.75) is 55.2 Å². The molecule has 0 spiro atoms. The number of fused-ring (bicyclic) bond motifs is 1. The van der Waals surface area contributed by atoms with Gasteiger partial charge in [-0.05, 0) is 55.8 Å². The second-order valence-electron chi connectivity index (χ2n) is 11.0. The van der Waals surface area contributed by atoms with E-state index in [9.17, 15) is 29.4 Å². The van der Waals surface area contributed by atoms with Crippen molar-refractivity contribution in [2.75, 3.05) is 6.54 Å². The van der Waals surface area contributed by atoms with E-state index in [1.807, 2.05) is 29.2 Å². The number of β-lactam (4-membered cyclic amide) rings is 1. The first-order valence-corrected chi connectivity index (χ1v) is 15.2. The molecule has 0 saturated carbocycles. The Morgan fingerprint density at radius 1 is 0.957 bits per heavy atom. The maximum atomic E-state index is 13.6. The van der Waals surface area contributed by atoms with Gasteiger partial charge in [0, 0.05) is 30.2 Å². The number of terminal acetylenes is 2. The molecule has 2 aliphatic heterocycles. The predicted octanol–water partition coefficient (Wildman–Crippen LogP) is 2.17. The van der Waals surface area contributed by atoms with Crippen LogP contribution in [0.5, 0.6) is 5.75 Å². The van der Waals surface area contributed by atoms with Crippen molar-refractivity contribution in [1.29, 1.82) is 0 Å². The molecule has 3 amide bonds. The molecule has 47 heavy (non-hydrogen) atoms. The maximum absolute atomic E-state index is 13.6. The van der Waals surface area contributed by atoms with Crippen molar-refractivity contribution >= 4 is 35.5 Å². The lowest BCUT2D eigenvalue weighted by molar-refractivity contribution is -0.161. The third-order valence-electron chi connectivity index (χ3n) is 7.36. The number of carboxylic acids is 1. The number of rotatable bonds is 11. The lowest BCUT2D eigenvalue weighted by atomic mass is 9.95. The lowest BCUT2D eigenvalue weighted by Crippen LogP contribution is -2.71. The summed E-state index contributed by atoms with van der Waals surface area (Å²) in [6, 6.07) is 13.7. The summed E-state index contributed by atoms with van der Waals surface area (Å²) in [4.78, 5) is 63.8. The van der Waals surface area contributed by atoms with Gasteiger partial charge in [-0.25, -0.2) is 4.79 Å². The molecular formula is C34H36N6O6S. The monoisotopic (exact) mass is 656 g/mol. The van der Waals surface area contributed by atoms with Gasteiger partial charge in [-0.3, -0.25) is 29.3 Å². The highest BCUT2D eigenvalue weighted by atomic mass is 32.2. The summed E-state index contributed by atoms with van der Waals surface area (Å²) in [6.07, 6.45) is 19.3. The molecule has 3 aromatic rings. The summed E-state index contributed by atoms with van der Waals surface area (Å²) in [7, 11) is 0. The van der Waals surface area contributed by atoms with Crippen LogP contribution in [0, 0.1) is 25.7 Å². The standard InChI is InChI=1S/C30H32N6O6S.2C2H2/c1-30(2)25(29(41)42)36-27(40)24(28(36)43-30)34-26(39)23(18-9-11-21(37)12-10-18)33-22(38)17-35(15-19-7-3-5-13-31-19)16-20-8-4-6-14-32-20;2*1-2/h3-14,23-25,28,37H,15-17H2,1-2H3,(H,33,38)(H,34,39)(H,41,42);2*1-2H/t23-,24-,25+,28?;;/m1../s1. The molecule has 1 aromatic carbocycles. The van der Waals surface area contributed by atoms with Crippen LogP contribution in [-0.2, 0) is 32.3 Å².